The number of fused-ring (bicyclic) bond motifs is 1. The molecule has 2 aromatic rings. The molecule has 2 amide bonds. The van der Waals surface area contributed by atoms with E-state index in [1.807, 2.05) is 29.6 Å². The molecule has 4 rings (SSSR count). The molecule has 1 aliphatic carbocycles. The number of rotatable bonds is 4. The molecule has 1 aromatic carbocycles. The van der Waals surface area contributed by atoms with E-state index in [2.05, 4.69) is 10.6 Å². The Morgan fingerprint density at radius 2 is 1.89 bits per heavy atom. The minimum Gasteiger partial charge on any atom is -0.492 e. The average Bonchev–Trinajstić information content (AvgIpc) is 3.13. The number of benzene rings is 1. The van der Waals surface area contributed by atoms with Crippen molar-refractivity contribution in [2.75, 3.05) is 11.9 Å². The van der Waals surface area contributed by atoms with Crippen LogP contribution in [0.25, 0.3) is 0 Å². The summed E-state index contributed by atoms with van der Waals surface area (Å²) >= 11 is 1.41. The maximum atomic E-state index is 12.7. The molecule has 2 aliphatic rings. The largest absolute Gasteiger partial charge is 0.492 e. The molecule has 1 saturated carbocycles. The Morgan fingerprint density at radius 3 is 2.64 bits per heavy atom. The third-order valence-corrected chi connectivity index (χ3v) is 6.41. The van der Waals surface area contributed by atoms with Gasteiger partial charge in [-0.05, 0) is 54.5 Å². The zero-order valence-corrected chi connectivity index (χ0v) is 16.7. The van der Waals surface area contributed by atoms with Crippen molar-refractivity contribution in [2.24, 2.45) is 5.92 Å². The quantitative estimate of drug-likeness (QED) is 0.751. The van der Waals surface area contributed by atoms with Gasteiger partial charge in [0.25, 0.3) is 5.91 Å². The van der Waals surface area contributed by atoms with Gasteiger partial charge in [-0.1, -0.05) is 31.7 Å². The van der Waals surface area contributed by atoms with Gasteiger partial charge in [-0.25, -0.2) is 0 Å². The second-order valence-electron chi connectivity index (χ2n) is 7.66. The maximum absolute atomic E-state index is 12.7. The Balaban J connectivity index is 1.39. The van der Waals surface area contributed by atoms with Crippen molar-refractivity contribution < 1.29 is 14.3 Å². The molecule has 0 saturated heterocycles. The number of thiophene rings is 1. The van der Waals surface area contributed by atoms with Gasteiger partial charge in [-0.2, -0.15) is 0 Å². The number of amides is 2. The van der Waals surface area contributed by atoms with Crippen molar-refractivity contribution in [1.29, 1.82) is 0 Å². The lowest BCUT2D eigenvalue weighted by Crippen LogP contribution is -2.42. The minimum atomic E-state index is -0.181. The van der Waals surface area contributed by atoms with Crippen molar-refractivity contribution in [3.8, 4) is 5.75 Å². The molecule has 2 N–H and O–H groups in total. The van der Waals surface area contributed by atoms with Gasteiger partial charge in [-0.15, -0.1) is 11.3 Å². The van der Waals surface area contributed by atoms with E-state index >= 15 is 0 Å². The standard InChI is InChI=1S/C22H26N2O3S/c25-21(23-17-6-3-1-2-4-7-17)16-12-15-13-18(9-10-19(15)27-14-16)24-22(26)20-8-5-11-28-20/h5,8-11,13,16-17H,1-4,6-7,12,14H2,(H,23,25)(H,24,26)/t16-/m1/s1. The van der Waals surface area contributed by atoms with Crippen LogP contribution in [0, 0.1) is 5.92 Å². The van der Waals surface area contributed by atoms with Crippen molar-refractivity contribution in [3.05, 3.63) is 46.2 Å². The molecule has 1 atom stereocenters. The van der Waals surface area contributed by atoms with E-state index in [1.165, 1.54) is 37.0 Å². The molecule has 1 fully saturated rings. The molecule has 5 nitrogen and oxygen atoms in total. The lowest BCUT2D eigenvalue weighted by Gasteiger charge is -2.27. The van der Waals surface area contributed by atoms with Gasteiger partial charge in [0.2, 0.25) is 5.91 Å². The number of ether oxygens (including phenoxy) is 1. The van der Waals surface area contributed by atoms with Crippen LogP contribution < -0.4 is 15.4 Å². The van der Waals surface area contributed by atoms with E-state index in [9.17, 15) is 9.59 Å². The van der Waals surface area contributed by atoms with Crippen molar-refractivity contribution in [1.82, 2.24) is 5.32 Å². The summed E-state index contributed by atoms with van der Waals surface area (Å²) in [6, 6.07) is 9.60. The van der Waals surface area contributed by atoms with Crippen LogP contribution in [-0.4, -0.2) is 24.5 Å². The van der Waals surface area contributed by atoms with Crippen LogP contribution in [0.5, 0.6) is 5.75 Å². The van der Waals surface area contributed by atoms with Crippen LogP contribution in [0.2, 0.25) is 0 Å². The van der Waals surface area contributed by atoms with Crippen LogP contribution in [0.1, 0.15) is 53.8 Å². The van der Waals surface area contributed by atoms with Crippen molar-refractivity contribution >= 4 is 28.8 Å². The normalized spacial score (nSPS) is 19.8. The zero-order valence-electron chi connectivity index (χ0n) is 15.9. The van der Waals surface area contributed by atoms with Gasteiger partial charge < -0.3 is 15.4 Å². The van der Waals surface area contributed by atoms with Crippen LogP contribution >= 0.6 is 11.3 Å². The molecule has 0 radical (unpaired) electrons. The Kier molecular flexibility index (Phi) is 5.95. The predicted molar refractivity (Wildman–Crippen MR) is 111 cm³/mol. The fourth-order valence-electron chi connectivity index (χ4n) is 3.98. The highest BCUT2D eigenvalue weighted by molar-refractivity contribution is 7.12. The highest BCUT2D eigenvalue weighted by atomic mass is 32.1. The number of nitrogens with one attached hydrogen (secondary N) is 2. The summed E-state index contributed by atoms with van der Waals surface area (Å²) in [5, 5.41) is 8.05. The average molecular weight is 399 g/mol. The fraction of sp³-hybridized carbons (Fsp3) is 0.455. The van der Waals surface area contributed by atoms with Gasteiger partial charge >= 0.3 is 0 Å². The van der Waals surface area contributed by atoms with Crippen LogP contribution in [-0.2, 0) is 11.2 Å². The molecule has 6 heteroatoms. The molecule has 148 valence electrons. The summed E-state index contributed by atoms with van der Waals surface area (Å²) in [6.45, 7) is 0.409. The first-order valence-corrected chi connectivity index (χ1v) is 11.0. The highest BCUT2D eigenvalue weighted by Crippen LogP contribution is 2.30. The van der Waals surface area contributed by atoms with Crippen LogP contribution in [0.4, 0.5) is 5.69 Å². The van der Waals surface area contributed by atoms with E-state index in [-0.39, 0.29) is 17.7 Å². The number of carbonyl (C=O) groups excluding carboxylic acids is 2. The fourth-order valence-corrected chi connectivity index (χ4v) is 4.60. The second kappa shape index (κ2) is 8.78. The summed E-state index contributed by atoms with van der Waals surface area (Å²) in [4.78, 5) is 25.7. The monoisotopic (exact) mass is 398 g/mol. The van der Waals surface area contributed by atoms with Gasteiger partial charge in [0.05, 0.1) is 10.8 Å². The molecule has 2 heterocycles. The molecule has 0 bridgehead atoms. The van der Waals surface area contributed by atoms with E-state index < -0.39 is 0 Å². The van der Waals surface area contributed by atoms with Crippen LogP contribution in [0.3, 0.4) is 0 Å². The third kappa shape index (κ3) is 4.55. The third-order valence-electron chi connectivity index (χ3n) is 5.54. The lowest BCUT2D eigenvalue weighted by molar-refractivity contribution is -0.127. The van der Waals surface area contributed by atoms with E-state index in [0.29, 0.717) is 23.9 Å². The van der Waals surface area contributed by atoms with Gasteiger partial charge in [-0.3, -0.25) is 9.59 Å². The SMILES string of the molecule is O=C(Nc1ccc2c(c1)C[C@@H](C(=O)NC1CCCCCC1)CO2)c1cccs1. The summed E-state index contributed by atoms with van der Waals surface area (Å²) < 4.78 is 5.83. The van der Waals surface area contributed by atoms with Crippen LogP contribution in [0.15, 0.2) is 35.7 Å². The molecular weight excluding hydrogens is 372 g/mol. The lowest BCUT2D eigenvalue weighted by atomic mass is 9.95. The Bertz CT molecular complexity index is 826. The minimum absolute atomic E-state index is 0.0885. The molecular formula is C22H26N2O3S. The smallest absolute Gasteiger partial charge is 0.265 e. The topological polar surface area (TPSA) is 67.4 Å². The first-order chi connectivity index (χ1) is 13.7. The zero-order chi connectivity index (χ0) is 19.3. The molecule has 0 spiro atoms. The Hall–Kier alpha value is -2.34. The van der Waals surface area contributed by atoms with Crippen molar-refractivity contribution in [3.63, 3.8) is 0 Å². The number of anilines is 1. The molecule has 28 heavy (non-hydrogen) atoms. The molecule has 1 aromatic heterocycles. The highest BCUT2D eigenvalue weighted by Gasteiger charge is 2.28. The predicted octanol–water partition coefficient (Wildman–Crippen LogP) is 4.39. The molecule has 0 unspecified atom stereocenters. The van der Waals surface area contributed by atoms with E-state index in [0.717, 1.165) is 29.8 Å². The summed E-state index contributed by atoms with van der Waals surface area (Å²) in [6.07, 6.45) is 7.73. The van der Waals surface area contributed by atoms with E-state index in [4.69, 9.17) is 4.74 Å². The van der Waals surface area contributed by atoms with Crippen molar-refractivity contribution in [2.45, 2.75) is 51.0 Å². The number of hydrogen-bond acceptors (Lipinski definition) is 4. The molecule has 1 aliphatic heterocycles. The van der Waals surface area contributed by atoms with E-state index in [1.54, 1.807) is 6.07 Å². The number of carbonyl (C=O) groups is 2. The number of hydrogen-bond donors (Lipinski definition) is 2. The summed E-state index contributed by atoms with van der Waals surface area (Å²) in [5.74, 6) is 0.589. The van der Waals surface area contributed by atoms with Gasteiger partial charge in [0.1, 0.15) is 12.4 Å². The maximum Gasteiger partial charge on any atom is 0.265 e. The Labute approximate surface area is 169 Å². The summed E-state index contributed by atoms with van der Waals surface area (Å²) in [5.41, 5.74) is 1.70. The first kappa shape index (κ1) is 19.0. The van der Waals surface area contributed by atoms with Gasteiger partial charge in [0, 0.05) is 11.7 Å². The summed E-state index contributed by atoms with van der Waals surface area (Å²) in [7, 11) is 0. The second-order valence-corrected chi connectivity index (χ2v) is 8.61. The van der Waals surface area contributed by atoms with Gasteiger partial charge in [0.15, 0.2) is 0 Å². The first-order valence-electron chi connectivity index (χ1n) is 10.1. The Morgan fingerprint density at radius 1 is 1.07 bits per heavy atom.